The number of aromatic nitrogens is 1. The average molecular weight is 271 g/mol. The number of nitrogens with zero attached hydrogens (tertiary/aromatic N) is 1. The Kier molecular flexibility index (Phi) is 5.55. The zero-order valence-corrected chi connectivity index (χ0v) is 12.0. The Hall–Kier alpha value is -1.14. The van der Waals surface area contributed by atoms with Gasteiger partial charge >= 0.3 is 0 Å². The average Bonchev–Trinajstić information content (AvgIpc) is 2.22. The van der Waals surface area contributed by atoms with Crippen molar-refractivity contribution in [3.8, 4) is 0 Å². The molecule has 6 heteroatoms. The summed E-state index contributed by atoms with van der Waals surface area (Å²) in [5.74, 6) is 0.449. The second kappa shape index (κ2) is 6.70. The van der Waals surface area contributed by atoms with Crippen LogP contribution in [0, 0.1) is 13.8 Å². The molecule has 0 spiro atoms. The van der Waals surface area contributed by atoms with Gasteiger partial charge in [0.1, 0.15) is 5.82 Å². The van der Waals surface area contributed by atoms with Crippen LogP contribution in [0.15, 0.2) is 12.1 Å². The number of aryl methyl sites for hydroxylation is 2. The predicted molar refractivity (Wildman–Crippen MR) is 74.3 cm³/mol. The molecule has 0 aliphatic heterocycles. The lowest BCUT2D eigenvalue weighted by atomic mass is 10.2. The maximum atomic E-state index is 11.8. The van der Waals surface area contributed by atoms with Crippen LogP contribution in [0.5, 0.6) is 0 Å². The van der Waals surface area contributed by atoms with Crippen LogP contribution in [0.25, 0.3) is 0 Å². The topological polar surface area (TPSA) is 71.1 Å². The smallest absolute Gasteiger partial charge is 0.235 e. The molecule has 0 radical (unpaired) electrons. The first-order valence-electron chi connectivity index (χ1n) is 6.09. The molecule has 0 fully saturated rings. The van der Waals surface area contributed by atoms with Gasteiger partial charge in [-0.3, -0.25) is 4.72 Å². The Morgan fingerprint density at radius 2 is 1.94 bits per heavy atom. The van der Waals surface area contributed by atoms with Crippen molar-refractivity contribution < 1.29 is 8.42 Å². The standard InChI is InChI=1S/C12H21N3O2S/c1-4-5-13-6-7-18(16,17)15-12-9-10(2)8-11(3)14-12/h8-9,13H,4-7H2,1-3H3,(H,14,15). The molecule has 1 heterocycles. The third-order valence-corrected chi connectivity index (χ3v) is 3.59. The molecule has 0 atom stereocenters. The Labute approximate surface area is 109 Å². The Bertz CT molecular complexity index is 466. The minimum absolute atomic E-state index is 0.0572. The van der Waals surface area contributed by atoms with Gasteiger partial charge in [0.2, 0.25) is 10.0 Å². The molecule has 1 rings (SSSR count). The molecular weight excluding hydrogens is 250 g/mol. The SMILES string of the molecule is CCCNCCS(=O)(=O)Nc1cc(C)cc(C)n1. The summed E-state index contributed by atoms with van der Waals surface area (Å²) in [5, 5.41) is 3.06. The third-order valence-electron chi connectivity index (χ3n) is 2.33. The van der Waals surface area contributed by atoms with E-state index in [4.69, 9.17) is 0 Å². The van der Waals surface area contributed by atoms with Crippen LogP contribution >= 0.6 is 0 Å². The molecule has 5 nitrogen and oxygen atoms in total. The van der Waals surface area contributed by atoms with Gasteiger partial charge in [0.05, 0.1) is 5.75 Å². The second-order valence-corrected chi connectivity index (χ2v) is 6.18. The number of hydrogen-bond acceptors (Lipinski definition) is 4. The molecule has 0 unspecified atom stereocenters. The lowest BCUT2D eigenvalue weighted by molar-refractivity contribution is 0.595. The summed E-state index contributed by atoms with van der Waals surface area (Å²) >= 11 is 0. The molecule has 18 heavy (non-hydrogen) atoms. The first-order valence-corrected chi connectivity index (χ1v) is 7.74. The minimum Gasteiger partial charge on any atom is -0.316 e. The summed E-state index contributed by atoms with van der Waals surface area (Å²) in [5.41, 5.74) is 1.79. The lowest BCUT2D eigenvalue weighted by Gasteiger charge is -2.09. The molecule has 2 N–H and O–H groups in total. The van der Waals surface area contributed by atoms with Gasteiger partial charge in [-0.2, -0.15) is 0 Å². The summed E-state index contributed by atoms with van der Waals surface area (Å²) in [4.78, 5) is 4.15. The highest BCUT2D eigenvalue weighted by atomic mass is 32.2. The van der Waals surface area contributed by atoms with Gasteiger partial charge in [-0.05, 0) is 44.5 Å². The van der Waals surface area contributed by atoms with Crippen LogP contribution in [-0.2, 0) is 10.0 Å². The van der Waals surface area contributed by atoms with Gasteiger partial charge in [0, 0.05) is 12.2 Å². The fourth-order valence-electron chi connectivity index (χ4n) is 1.61. The van der Waals surface area contributed by atoms with Gasteiger partial charge in [-0.15, -0.1) is 0 Å². The van der Waals surface area contributed by atoms with E-state index in [-0.39, 0.29) is 5.75 Å². The fraction of sp³-hybridized carbons (Fsp3) is 0.583. The van der Waals surface area contributed by atoms with Crippen LogP contribution < -0.4 is 10.0 Å². The van der Waals surface area contributed by atoms with Crippen LogP contribution in [0.1, 0.15) is 24.6 Å². The van der Waals surface area contributed by atoms with Crippen LogP contribution in [0.3, 0.4) is 0 Å². The van der Waals surface area contributed by atoms with E-state index in [0.29, 0.717) is 12.4 Å². The van der Waals surface area contributed by atoms with Crippen molar-refractivity contribution in [2.45, 2.75) is 27.2 Å². The summed E-state index contributed by atoms with van der Waals surface area (Å²) in [7, 11) is -3.32. The van der Waals surface area contributed by atoms with E-state index in [2.05, 4.69) is 15.0 Å². The molecule has 1 aromatic rings. The van der Waals surface area contributed by atoms with Gasteiger partial charge in [0.15, 0.2) is 0 Å². The van der Waals surface area contributed by atoms with Crippen molar-refractivity contribution in [1.82, 2.24) is 10.3 Å². The highest BCUT2D eigenvalue weighted by molar-refractivity contribution is 7.92. The van der Waals surface area contributed by atoms with Crippen molar-refractivity contribution in [3.05, 3.63) is 23.4 Å². The van der Waals surface area contributed by atoms with Gasteiger partial charge in [-0.1, -0.05) is 6.92 Å². The van der Waals surface area contributed by atoms with E-state index in [9.17, 15) is 8.42 Å². The number of hydrogen-bond donors (Lipinski definition) is 2. The van der Waals surface area contributed by atoms with E-state index in [1.807, 2.05) is 26.8 Å². The Balaban J connectivity index is 2.59. The van der Waals surface area contributed by atoms with Crippen LogP contribution in [0.2, 0.25) is 0 Å². The highest BCUT2D eigenvalue weighted by Gasteiger charge is 2.11. The molecule has 0 amide bonds. The minimum atomic E-state index is -3.32. The second-order valence-electron chi connectivity index (χ2n) is 4.34. The Morgan fingerprint density at radius 1 is 1.22 bits per heavy atom. The first kappa shape index (κ1) is 14.9. The quantitative estimate of drug-likeness (QED) is 0.736. The first-order chi connectivity index (χ1) is 8.43. The van der Waals surface area contributed by atoms with E-state index in [0.717, 1.165) is 24.2 Å². The van der Waals surface area contributed by atoms with Gasteiger partial charge < -0.3 is 5.32 Å². The van der Waals surface area contributed by atoms with Crippen LogP contribution in [0.4, 0.5) is 5.82 Å². The molecule has 0 saturated heterocycles. The maximum absolute atomic E-state index is 11.8. The molecule has 102 valence electrons. The molecule has 0 aliphatic carbocycles. The van der Waals surface area contributed by atoms with Crippen molar-refractivity contribution >= 4 is 15.8 Å². The lowest BCUT2D eigenvalue weighted by Crippen LogP contribution is -2.27. The predicted octanol–water partition coefficient (Wildman–Crippen LogP) is 1.44. The summed E-state index contributed by atoms with van der Waals surface area (Å²) in [6.45, 7) is 7.08. The zero-order valence-electron chi connectivity index (χ0n) is 11.2. The number of nitrogens with one attached hydrogen (secondary N) is 2. The van der Waals surface area contributed by atoms with Crippen LogP contribution in [-0.4, -0.2) is 32.2 Å². The van der Waals surface area contributed by atoms with E-state index in [1.165, 1.54) is 0 Å². The Morgan fingerprint density at radius 3 is 2.56 bits per heavy atom. The number of anilines is 1. The van der Waals surface area contributed by atoms with Crippen molar-refractivity contribution in [2.75, 3.05) is 23.6 Å². The summed E-state index contributed by atoms with van der Waals surface area (Å²) < 4.78 is 26.1. The van der Waals surface area contributed by atoms with Crippen molar-refractivity contribution in [2.24, 2.45) is 0 Å². The molecule has 1 aromatic heterocycles. The van der Waals surface area contributed by atoms with E-state index in [1.54, 1.807) is 6.07 Å². The molecule has 0 bridgehead atoms. The molecular formula is C12H21N3O2S. The van der Waals surface area contributed by atoms with Gasteiger partial charge in [0.25, 0.3) is 0 Å². The number of pyridine rings is 1. The normalized spacial score (nSPS) is 11.5. The van der Waals surface area contributed by atoms with Gasteiger partial charge in [-0.25, -0.2) is 13.4 Å². The largest absolute Gasteiger partial charge is 0.316 e. The number of sulfonamides is 1. The van der Waals surface area contributed by atoms with E-state index >= 15 is 0 Å². The fourth-order valence-corrected chi connectivity index (χ4v) is 2.55. The van der Waals surface area contributed by atoms with Crippen molar-refractivity contribution in [1.29, 1.82) is 0 Å². The summed E-state index contributed by atoms with van der Waals surface area (Å²) in [6.07, 6.45) is 0.992. The maximum Gasteiger partial charge on any atom is 0.235 e. The van der Waals surface area contributed by atoms with E-state index < -0.39 is 10.0 Å². The zero-order chi connectivity index (χ0) is 13.6. The van der Waals surface area contributed by atoms with Crippen molar-refractivity contribution in [3.63, 3.8) is 0 Å². The monoisotopic (exact) mass is 271 g/mol. The molecule has 0 aliphatic rings. The molecule has 0 aromatic carbocycles. The summed E-state index contributed by atoms with van der Waals surface area (Å²) in [6, 6.07) is 3.63. The third kappa shape index (κ3) is 5.46. The highest BCUT2D eigenvalue weighted by Crippen LogP contribution is 2.10. The molecule has 0 saturated carbocycles. The number of rotatable bonds is 7.